The summed E-state index contributed by atoms with van der Waals surface area (Å²) in [5, 5.41) is 3.60. The summed E-state index contributed by atoms with van der Waals surface area (Å²) in [6, 6.07) is 7.82. The van der Waals surface area contributed by atoms with Crippen LogP contribution in [0.2, 0.25) is 10.0 Å². The number of nitrogens with zero attached hydrogens (tertiary/aromatic N) is 2. The molecule has 1 aliphatic heterocycles. The van der Waals surface area contributed by atoms with Gasteiger partial charge in [0.15, 0.2) is 0 Å². The Morgan fingerprint density at radius 2 is 2.04 bits per heavy atom. The fraction of sp³-hybridized carbons (Fsp3) is 0.278. The van der Waals surface area contributed by atoms with E-state index in [0.29, 0.717) is 34.6 Å². The third-order valence-electron chi connectivity index (χ3n) is 4.12. The first-order chi connectivity index (χ1) is 12.9. The Labute approximate surface area is 166 Å². The molecule has 1 fully saturated rings. The molecule has 1 unspecified atom stereocenters. The van der Waals surface area contributed by atoms with Crippen molar-refractivity contribution < 1.29 is 14.3 Å². The van der Waals surface area contributed by atoms with E-state index in [1.165, 1.54) is 12.3 Å². The Morgan fingerprint density at radius 3 is 2.78 bits per heavy atom. The van der Waals surface area contributed by atoms with Crippen molar-refractivity contribution >= 4 is 40.8 Å². The summed E-state index contributed by atoms with van der Waals surface area (Å²) < 4.78 is 5.90. The smallest absolute Gasteiger partial charge is 0.321 e. The number of primary amides is 1. The lowest BCUT2D eigenvalue weighted by Crippen LogP contribution is -2.46. The molecule has 0 radical (unpaired) electrons. The molecule has 0 aliphatic carbocycles. The van der Waals surface area contributed by atoms with Gasteiger partial charge in [0.1, 0.15) is 17.5 Å². The van der Waals surface area contributed by atoms with Gasteiger partial charge in [0.2, 0.25) is 0 Å². The third-order valence-corrected chi connectivity index (χ3v) is 4.86. The minimum absolute atomic E-state index is 0.137. The quantitative estimate of drug-likeness (QED) is 0.807. The molecule has 2 heterocycles. The lowest BCUT2D eigenvalue weighted by molar-refractivity contribution is 0.0989. The van der Waals surface area contributed by atoms with Crippen LogP contribution in [0.5, 0.6) is 5.75 Å². The number of aromatic nitrogens is 1. The minimum Gasteiger partial charge on any atom is -0.488 e. The van der Waals surface area contributed by atoms with E-state index in [2.05, 4.69) is 10.3 Å². The zero-order valence-electron chi connectivity index (χ0n) is 14.3. The number of hydrogen-bond acceptors (Lipinski definition) is 4. The Bertz CT molecular complexity index is 862. The van der Waals surface area contributed by atoms with E-state index in [-0.39, 0.29) is 17.8 Å². The minimum atomic E-state index is -0.619. The van der Waals surface area contributed by atoms with E-state index in [9.17, 15) is 9.59 Å². The number of rotatable bonds is 4. The number of likely N-dealkylation sites (tertiary alicyclic amines) is 1. The molecule has 3 rings (SSSR count). The van der Waals surface area contributed by atoms with Gasteiger partial charge in [0.05, 0.1) is 16.6 Å². The zero-order valence-corrected chi connectivity index (χ0v) is 15.8. The molecular formula is C18H18Cl2N4O3. The first kappa shape index (κ1) is 19.3. The molecule has 0 bridgehead atoms. The normalized spacial score (nSPS) is 16.7. The average molecular weight is 409 g/mol. The first-order valence-corrected chi connectivity index (χ1v) is 9.11. The summed E-state index contributed by atoms with van der Waals surface area (Å²) in [7, 11) is 0. The molecule has 3 N–H and O–H groups in total. The van der Waals surface area contributed by atoms with Crippen molar-refractivity contribution in [2.75, 3.05) is 18.4 Å². The summed E-state index contributed by atoms with van der Waals surface area (Å²) in [6.45, 7) is 1.04. The number of nitrogens with two attached hydrogens (primary N) is 1. The van der Waals surface area contributed by atoms with E-state index >= 15 is 0 Å². The van der Waals surface area contributed by atoms with Crippen LogP contribution >= 0.6 is 23.2 Å². The van der Waals surface area contributed by atoms with Crippen LogP contribution in [0.1, 0.15) is 23.3 Å². The van der Waals surface area contributed by atoms with Gasteiger partial charge in [0.25, 0.3) is 5.91 Å². The van der Waals surface area contributed by atoms with Crippen molar-refractivity contribution in [2.24, 2.45) is 5.73 Å². The van der Waals surface area contributed by atoms with Gasteiger partial charge < -0.3 is 20.7 Å². The summed E-state index contributed by atoms with van der Waals surface area (Å²) in [4.78, 5) is 29.3. The van der Waals surface area contributed by atoms with Crippen molar-refractivity contribution in [3.8, 4) is 5.75 Å². The van der Waals surface area contributed by atoms with Crippen molar-refractivity contribution in [1.82, 2.24) is 9.88 Å². The Kier molecular flexibility index (Phi) is 6.03. The maximum Gasteiger partial charge on any atom is 0.321 e. The molecular weight excluding hydrogens is 391 g/mol. The molecule has 0 saturated carbocycles. The van der Waals surface area contributed by atoms with Gasteiger partial charge in [0, 0.05) is 24.5 Å². The molecule has 1 aromatic heterocycles. The number of urea groups is 1. The highest BCUT2D eigenvalue weighted by Gasteiger charge is 2.25. The summed E-state index contributed by atoms with van der Waals surface area (Å²) in [5.41, 5.74) is 5.94. The molecule has 0 spiro atoms. The van der Waals surface area contributed by atoms with Gasteiger partial charge >= 0.3 is 6.03 Å². The molecule has 9 heteroatoms. The summed E-state index contributed by atoms with van der Waals surface area (Å²) >= 11 is 11.9. The predicted octanol–water partition coefficient (Wildman–Crippen LogP) is 3.56. The van der Waals surface area contributed by atoms with Crippen molar-refractivity contribution in [2.45, 2.75) is 18.9 Å². The van der Waals surface area contributed by atoms with Crippen LogP contribution in [-0.4, -0.2) is 41.0 Å². The highest BCUT2D eigenvalue weighted by molar-refractivity contribution is 6.42. The number of piperidine rings is 1. The Balaban J connectivity index is 1.61. The molecule has 3 amide bonds. The molecule has 1 aliphatic rings. The van der Waals surface area contributed by atoms with Gasteiger partial charge in [-0.05, 0) is 37.1 Å². The van der Waals surface area contributed by atoms with Crippen LogP contribution < -0.4 is 15.8 Å². The second-order valence-electron chi connectivity index (χ2n) is 6.13. The third kappa shape index (κ3) is 5.02. The van der Waals surface area contributed by atoms with Gasteiger partial charge in [-0.25, -0.2) is 4.79 Å². The number of carbonyl (C=O) groups is 2. The SMILES string of the molecule is NC(=O)c1cc(OC2CCCN(C(=O)Nc3ccc(Cl)c(Cl)c3)C2)ccn1. The highest BCUT2D eigenvalue weighted by atomic mass is 35.5. The number of nitrogens with one attached hydrogen (secondary N) is 1. The molecule has 1 saturated heterocycles. The van der Waals surface area contributed by atoms with Crippen LogP contribution in [0.4, 0.5) is 10.5 Å². The van der Waals surface area contributed by atoms with E-state index < -0.39 is 5.91 Å². The fourth-order valence-corrected chi connectivity index (χ4v) is 3.11. The van der Waals surface area contributed by atoms with Crippen LogP contribution in [-0.2, 0) is 0 Å². The van der Waals surface area contributed by atoms with Gasteiger partial charge in [-0.2, -0.15) is 0 Å². The van der Waals surface area contributed by atoms with Crippen LogP contribution in [0.25, 0.3) is 0 Å². The fourth-order valence-electron chi connectivity index (χ4n) is 2.81. The molecule has 1 aromatic carbocycles. The Morgan fingerprint density at radius 1 is 1.22 bits per heavy atom. The van der Waals surface area contributed by atoms with Gasteiger partial charge in [-0.1, -0.05) is 23.2 Å². The van der Waals surface area contributed by atoms with E-state index in [4.69, 9.17) is 33.7 Å². The van der Waals surface area contributed by atoms with Crippen LogP contribution in [0, 0.1) is 0 Å². The molecule has 142 valence electrons. The average Bonchev–Trinajstić information content (AvgIpc) is 2.65. The molecule has 27 heavy (non-hydrogen) atoms. The number of benzene rings is 1. The van der Waals surface area contributed by atoms with Crippen molar-refractivity contribution in [1.29, 1.82) is 0 Å². The largest absolute Gasteiger partial charge is 0.488 e. The lowest BCUT2D eigenvalue weighted by Gasteiger charge is -2.33. The second-order valence-corrected chi connectivity index (χ2v) is 6.94. The number of amides is 3. The number of halogens is 2. The van der Waals surface area contributed by atoms with E-state index in [1.54, 1.807) is 29.2 Å². The van der Waals surface area contributed by atoms with Gasteiger partial charge in [-0.15, -0.1) is 0 Å². The van der Waals surface area contributed by atoms with Crippen molar-refractivity contribution in [3.05, 3.63) is 52.3 Å². The molecule has 7 nitrogen and oxygen atoms in total. The number of carbonyl (C=O) groups excluding carboxylic acids is 2. The molecule has 1 atom stereocenters. The topological polar surface area (TPSA) is 97.6 Å². The van der Waals surface area contributed by atoms with Crippen LogP contribution in [0.15, 0.2) is 36.5 Å². The standard InChI is InChI=1S/C18H18Cl2N4O3/c19-14-4-3-11(8-15(14)20)23-18(26)24-7-1-2-13(10-24)27-12-5-6-22-16(9-12)17(21)25/h3-6,8-9,13H,1-2,7,10H2,(H2,21,25)(H,23,26). The van der Waals surface area contributed by atoms with Crippen LogP contribution in [0.3, 0.4) is 0 Å². The zero-order chi connectivity index (χ0) is 19.4. The highest BCUT2D eigenvalue weighted by Crippen LogP contribution is 2.25. The second kappa shape index (κ2) is 8.45. The molecule has 2 aromatic rings. The number of ether oxygens (including phenoxy) is 1. The monoisotopic (exact) mass is 408 g/mol. The number of hydrogen-bond donors (Lipinski definition) is 2. The van der Waals surface area contributed by atoms with E-state index in [1.807, 2.05) is 0 Å². The first-order valence-electron chi connectivity index (χ1n) is 8.36. The number of pyridine rings is 1. The Hall–Kier alpha value is -2.51. The predicted molar refractivity (Wildman–Crippen MR) is 103 cm³/mol. The van der Waals surface area contributed by atoms with Gasteiger partial charge in [-0.3, -0.25) is 9.78 Å². The van der Waals surface area contributed by atoms with E-state index in [0.717, 1.165) is 12.8 Å². The van der Waals surface area contributed by atoms with Crippen molar-refractivity contribution in [3.63, 3.8) is 0 Å². The number of anilines is 1. The maximum absolute atomic E-state index is 12.5. The lowest BCUT2D eigenvalue weighted by atomic mass is 10.1. The summed E-state index contributed by atoms with van der Waals surface area (Å²) in [5.74, 6) is -0.123. The maximum atomic E-state index is 12.5. The summed E-state index contributed by atoms with van der Waals surface area (Å²) in [6.07, 6.45) is 2.87.